The van der Waals surface area contributed by atoms with E-state index in [9.17, 15) is 4.79 Å². The zero-order valence-electron chi connectivity index (χ0n) is 14.7. The van der Waals surface area contributed by atoms with Crippen LogP contribution in [0.2, 0.25) is 5.15 Å². The molecule has 1 N–H and O–H groups in total. The van der Waals surface area contributed by atoms with Crippen LogP contribution in [0.15, 0.2) is 48.7 Å². The molecule has 10 heteroatoms. The number of nitrogens with one attached hydrogen (secondary N) is 1. The van der Waals surface area contributed by atoms with Gasteiger partial charge in [-0.3, -0.25) is 4.79 Å². The number of carbonyl (C=O) groups excluding carboxylic acids is 1. The van der Waals surface area contributed by atoms with Gasteiger partial charge in [-0.25, -0.2) is 9.67 Å². The first kappa shape index (κ1) is 18.2. The fraction of sp³-hybridized carbons (Fsp3) is 0.111. The Morgan fingerprint density at radius 3 is 2.75 bits per heavy atom. The highest BCUT2D eigenvalue weighted by Crippen LogP contribution is 2.22. The fourth-order valence-electron chi connectivity index (χ4n) is 2.52. The number of hydrogen-bond donors (Lipinski definition) is 1. The maximum absolute atomic E-state index is 12.4. The number of aromatic nitrogens is 6. The molecule has 3 heterocycles. The van der Waals surface area contributed by atoms with Crippen LogP contribution in [-0.4, -0.2) is 36.1 Å². The smallest absolute Gasteiger partial charge is 0.273 e. The maximum Gasteiger partial charge on any atom is 0.273 e. The summed E-state index contributed by atoms with van der Waals surface area (Å²) < 4.78 is 1.49. The molecule has 1 amide bonds. The van der Waals surface area contributed by atoms with Crippen LogP contribution in [0.1, 0.15) is 21.2 Å². The van der Waals surface area contributed by atoms with Crippen LogP contribution in [0.4, 0.5) is 0 Å². The number of amides is 1. The summed E-state index contributed by atoms with van der Waals surface area (Å²) in [5.74, 6) is -0.345. The van der Waals surface area contributed by atoms with Crippen molar-refractivity contribution in [2.24, 2.45) is 0 Å². The van der Waals surface area contributed by atoms with Crippen molar-refractivity contribution in [1.29, 1.82) is 0 Å². The van der Waals surface area contributed by atoms with Crippen molar-refractivity contribution in [3.63, 3.8) is 0 Å². The van der Waals surface area contributed by atoms with Crippen LogP contribution in [-0.2, 0) is 6.54 Å². The molecule has 0 saturated carbocycles. The van der Waals surface area contributed by atoms with Crippen LogP contribution < -0.4 is 5.32 Å². The van der Waals surface area contributed by atoms with Crippen LogP contribution in [0, 0.1) is 6.92 Å². The minimum atomic E-state index is -0.345. The zero-order valence-corrected chi connectivity index (χ0v) is 16.3. The average molecular weight is 412 g/mol. The van der Waals surface area contributed by atoms with Gasteiger partial charge in [-0.1, -0.05) is 58.5 Å². The highest BCUT2D eigenvalue weighted by Gasteiger charge is 2.14. The van der Waals surface area contributed by atoms with Crippen molar-refractivity contribution < 1.29 is 4.79 Å². The number of hydrogen-bond acceptors (Lipinski definition) is 7. The molecule has 0 unspecified atom stereocenters. The molecule has 8 nitrogen and oxygen atoms in total. The number of aryl methyl sites for hydroxylation is 1. The molecule has 0 radical (unpaired) electrons. The molecule has 0 fully saturated rings. The second-order valence-corrected chi connectivity index (χ2v) is 7.29. The molecule has 4 aromatic rings. The van der Waals surface area contributed by atoms with Crippen molar-refractivity contribution in [1.82, 2.24) is 35.5 Å². The van der Waals surface area contributed by atoms with Gasteiger partial charge in [0.05, 0.1) is 24.1 Å². The van der Waals surface area contributed by atoms with Crippen LogP contribution in [0.25, 0.3) is 16.3 Å². The Kier molecular flexibility index (Phi) is 5.09. The second-order valence-electron chi connectivity index (χ2n) is 5.84. The molecule has 1 aromatic carbocycles. The molecule has 0 aliphatic carbocycles. The molecule has 0 aliphatic heterocycles. The van der Waals surface area contributed by atoms with Gasteiger partial charge in [-0.2, -0.15) is 0 Å². The maximum atomic E-state index is 12.4. The third-order valence-electron chi connectivity index (χ3n) is 3.88. The van der Waals surface area contributed by atoms with E-state index >= 15 is 0 Å². The largest absolute Gasteiger partial charge is 0.344 e. The van der Waals surface area contributed by atoms with Gasteiger partial charge in [0.15, 0.2) is 5.69 Å². The highest BCUT2D eigenvalue weighted by molar-refractivity contribution is 7.14. The number of pyridine rings is 1. The summed E-state index contributed by atoms with van der Waals surface area (Å²) in [7, 11) is 0. The quantitative estimate of drug-likeness (QED) is 0.507. The van der Waals surface area contributed by atoms with Crippen molar-refractivity contribution in [3.05, 3.63) is 70.2 Å². The number of rotatable bonds is 5. The molecular weight excluding hydrogens is 398 g/mol. The number of benzene rings is 1. The van der Waals surface area contributed by atoms with Crippen LogP contribution in [0.3, 0.4) is 0 Å². The van der Waals surface area contributed by atoms with Crippen molar-refractivity contribution >= 4 is 28.8 Å². The average Bonchev–Trinajstić information content (AvgIpc) is 3.37. The van der Waals surface area contributed by atoms with Gasteiger partial charge < -0.3 is 5.32 Å². The molecule has 3 aromatic heterocycles. The van der Waals surface area contributed by atoms with E-state index in [1.807, 2.05) is 37.3 Å². The van der Waals surface area contributed by atoms with Crippen molar-refractivity contribution in [2.75, 3.05) is 0 Å². The fourth-order valence-corrected chi connectivity index (χ4v) is 3.49. The van der Waals surface area contributed by atoms with Gasteiger partial charge in [-0.05, 0) is 19.1 Å². The lowest BCUT2D eigenvalue weighted by atomic mass is 10.2. The number of carbonyl (C=O) groups is 1. The molecular formula is C18H14ClN7OS. The van der Waals surface area contributed by atoms with E-state index in [2.05, 4.69) is 30.8 Å². The van der Waals surface area contributed by atoms with Gasteiger partial charge in [-0.15, -0.1) is 15.3 Å². The Labute approximate surface area is 169 Å². The topological polar surface area (TPSA) is 98.5 Å². The lowest BCUT2D eigenvalue weighted by molar-refractivity contribution is 0.0945. The number of nitrogens with zero attached hydrogens (tertiary/aromatic N) is 6. The predicted molar refractivity (Wildman–Crippen MR) is 105 cm³/mol. The minimum Gasteiger partial charge on any atom is -0.344 e. The van der Waals surface area contributed by atoms with E-state index in [4.69, 9.17) is 11.6 Å². The van der Waals surface area contributed by atoms with Gasteiger partial charge in [0.25, 0.3) is 5.91 Å². The summed E-state index contributed by atoms with van der Waals surface area (Å²) in [6.45, 7) is 2.07. The molecule has 0 bridgehead atoms. The van der Waals surface area contributed by atoms with Crippen molar-refractivity contribution in [2.45, 2.75) is 13.5 Å². The Hall–Kier alpha value is -3.17. The van der Waals surface area contributed by atoms with Crippen LogP contribution in [0.5, 0.6) is 0 Å². The second kappa shape index (κ2) is 7.83. The van der Waals surface area contributed by atoms with Gasteiger partial charge >= 0.3 is 0 Å². The molecule has 0 aliphatic rings. The van der Waals surface area contributed by atoms with Crippen LogP contribution >= 0.6 is 22.9 Å². The lowest BCUT2D eigenvalue weighted by Gasteiger charge is -2.03. The molecule has 0 atom stereocenters. The number of halogens is 1. The lowest BCUT2D eigenvalue weighted by Crippen LogP contribution is -2.23. The summed E-state index contributed by atoms with van der Waals surface area (Å²) in [6, 6.07) is 13.2. The van der Waals surface area contributed by atoms with E-state index in [0.717, 1.165) is 10.6 Å². The molecule has 140 valence electrons. The Balaban J connectivity index is 1.42. The third-order valence-corrected chi connectivity index (χ3v) is 5.07. The minimum absolute atomic E-state index is 0.196. The van der Waals surface area contributed by atoms with Gasteiger partial charge in [0.2, 0.25) is 0 Å². The Bertz CT molecular complexity index is 1130. The molecule has 0 spiro atoms. The van der Waals surface area contributed by atoms with E-state index in [1.54, 1.807) is 18.3 Å². The first-order valence-electron chi connectivity index (χ1n) is 8.32. The summed E-state index contributed by atoms with van der Waals surface area (Å²) >= 11 is 7.30. The van der Waals surface area contributed by atoms with Crippen molar-refractivity contribution in [3.8, 4) is 16.3 Å². The Morgan fingerprint density at radius 1 is 1.14 bits per heavy atom. The summed E-state index contributed by atoms with van der Waals surface area (Å²) in [4.78, 5) is 16.5. The third kappa shape index (κ3) is 3.90. The molecule has 28 heavy (non-hydrogen) atoms. The van der Waals surface area contributed by atoms with Gasteiger partial charge in [0, 0.05) is 5.56 Å². The predicted octanol–water partition coefficient (Wildman–Crippen LogP) is 3.07. The summed E-state index contributed by atoms with van der Waals surface area (Å²) in [5.41, 5.74) is 2.58. The van der Waals surface area contributed by atoms with E-state index in [1.165, 1.54) is 16.0 Å². The summed E-state index contributed by atoms with van der Waals surface area (Å²) in [5, 5.41) is 20.9. The van der Waals surface area contributed by atoms with Gasteiger partial charge in [0.1, 0.15) is 15.2 Å². The first-order chi connectivity index (χ1) is 13.6. The monoisotopic (exact) mass is 411 g/mol. The molecule has 4 rings (SSSR count). The molecule has 0 saturated heterocycles. The standard InChI is InChI=1S/C18H14ClN7OS/c1-11-14(7-8-15(19)21-11)26-10-13(22-25-26)17(27)20-9-16-23-24-18(28-16)12-5-3-2-4-6-12/h2-8,10H,9H2,1H3,(H,20,27). The normalized spacial score (nSPS) is 10.8. The first-order valence-corrected chi connectivity index (χ1v) is 9.51. The Morgan fingerprint density at radius 2 is 1.96 bits per heavy atom. The van der Waals surface area contributed by atoms with E-state index in [0.29, 0.717) is 21.5 Å². The zero-order chi connectivity index (χ0) is 19.5. The highest BCUT2D eigenvalue weighted by atomic mass is 35.5. The van der Waals surface area contributed by atoms with E-state index < -0.39 is 0 Å². The summed E-state index contributed by atoms with van der Waals surface area (Å²) in [6.07, 6.45) is 1.54. The van der Waals surface area contributed by atoms with E-state index in [-0.39, 0.29) is 18.1 Å². The SMILES string of the molecule is Cc1nc(Cl)ccc1-n1cc(C(=O)NCc2nnc(-c3ccccc3)s2)nn1.